The van der Waals surface area contributed by atoms with Crippen molar-refractivity contribution in [3.05, 3.63) is 12.7 Å². The molecule has 4 nitrogen and oxygen atoms in total. The minimum absolute atomic E-state index is 0.248. The van der Waals surface area contributed by atoms with Gasteiger partial charge < -0.3 is 15.4 Å². The first-order valence-corrected chi connectivity index (χ1v) is 7.66. The Bertz CT molecular complexity index is 315. The van der Waals surface area contributed by atoms with Crippen LogP contribution in [0.5, 0.6) is 0 Å². The summed E-state index contributed by atoms with van der Waals surface area (Å²) in [5.74, 6) is 0. The standard InChI is InChI=1S/C16H30N2O2/c1-6-7-12(2)17-13-8-10-14(11-9-13)18-15(19)20-16(3,4)5/h6,12-14,17H,1,7-11H2,2-5H3,(H,18,19). The predicted molar refractivity (Wildman–Crippen MR) is 82.8 cm³/mol. The molecule has 1 unspecified atom stereocenters. The van der Waals surface area contributed by atoms with E-state index in [-0.39, 0.29) is 12.1 Å². The van der Waals surface area contributed by atoms with Crippen LogP contribution >= 0.6 is 0 Å². The van der Waals surface area contributed by atoms with Gasteiger partial charge in [-0.15, -0.1) is 6.58 Å². The molecule has 1 rings (SSSR count). The lowest BCUT2D eigenvalue weighted by atomic mass is 9.90. The van der Waals surface area contributed by atoms with Gasteiger partial charge in [0, 0.05) is 18.1 Å². The Morgan fingerprint density at radius 2 is 1.85 bits per heavy atom. The number of carbonyl (C=O) groups excluding carboxylic acids is 1. The molecule has 0 heterocycles. The number of carbonyl (C=O) groups is 1. The van der Waals surface area contributed by atoms with Gasteiger partial charge in [0.05, 0.1) is 0 Å². The van der Waals surface area contributed by atoms with E-state index in [0.717, 1.165) is 32.1 Å². The first kappa shape index (κ1) is 17.0. The quantitative estimate of drug-likeness (QED) is 0.760. The summed E-state index contributed by atoms with van der Waals surface area (Å²) in [5, 5.41) is 6.59. The molecule has 0 bridgehead atoms. The summed E-state index contributed by atoms with van der Waals surface area (Å²) in [6.45, 7) is 11.6. The highest BCUT2D eigenvalue weighted by atomic mass is 16.6. The van der Waals surface area contributed by atoms with Gasteiger partial charge in [0.2, 0.25) is 0 Å². The van der Waals surface area contributed by atoms with E-state index in [2.05, 4.69) is 24.1 Å². The molecule has 4 heteroatoms. The SMILES string of the molecule is C=CCC(C)NC1CCC(NC(=O)OC(C)(C)C)CC1. The Labute approximate surface area is 123 Å². The van der Waals surface area contributed by atoms with Crippen LogP contribution in [0.2, 0.25) is 0 Å². The van der Waals surface area contributed by atoms with Crippen molar-refractivity contribution in [2.24, 2.45) is 0 Å². The topological polar surface area (TPSA) is 50.4 Å². The lowest BCUT2D eigenvalue weighted by Gasteiger charge is -2.32. The zero-order chi connectivity index (χ0) is 15.2. The predicted octanol–water partition coefficient (Wildman–Crippen LogP) is 3.38. The van der Waals surface area contributed by atoms with E-state index < -0.39 is 5.60 Å². The van der Waals surface area contributed by atoms with Gasteiger partial charge in [0.25, 0.3) is 0 Å². The lowest BCUT2D eigenvalue weighted by Crippen LogP contribution is -2.45. The highest BCUT2D eigenvalue weighted by molar-refractivity contribution is 5.68. The van der Waals surface area contributed by atoms with E-state index in [1.807, 2.05) is 26.8 Å². The van der Waals surface area contributed by atoms with Crippen LogP contribution in [0.4, 0.5) is 4.79 Å². The highest BCUT2D eigenvalue weighted by Crippen LogP contribution is 2.20. The van der Waals surface area contributed by atoms with Gasteiger partial charge in [-0.3, -0.25) is 0 Å². The van der Waals surface area contributed by atoms with Crippen molar-refractivity contribution >= 4 is 6.09 Å². The van der Waals surface area contributed by atoms with Gasteiger partial charge in [-0.05, 0) is 59.8 Å². The van der Waals surface area contributed by atoms with Crippen LogP contribution in [0.15, 0.2) is 12.7 Å². The van der Waals surface area contributed by atoms with Crippen LogP contribution in [0.3, 0.4) is 0 Å². The number of rotatable bonds is 5. The molecular formula is C16H30N2O2. The molecule has 1 aliphatic rings. The zero-order valence-electron chi connectivity index (χ0n) is 13.4. The molecule has 0 radical (unpaired) electrons. The average Bonchev–Trinajstić information content (AvgIpc) is 2.29. The number of hydrogen-bond acceptors (Lipinski definition) is 3. The molecule has 0 aromatic heterocycles. The normalized spacial score (nSPS) is 24.8. The van der Waals surface area contributed by atoms with Crippen LogP contribution in [0, 0.1) is 0 Å². The van der Waals surface area contributed by atoms with E-state index in [1.54, 1.807) is 0 Å². The van der Waals surface area contributed by atoms with Crippen molar-refractivity contribution in [2.75, 3.05) is 0 Å². The molecule has 20 heavy (non-hydrogen) atoms. The second-order valence-electron chi connectivity index (χ2n) is 6.79. The largest absolute Gasteiger partial charge is 0.444 e. The number of nitrogens with one attached hydrogen (secondary N) is 2. The van der Waals surface area contributed by atoms with Crippen LogP contribution < -0.4 is 10.6 Å². The van der Waals surface area contributed by atoms with Crippen molar-refractivity contribution in [1.82, 2.24) is 10.6 Å². The molecule has 2 N–H and O–H groups in total. The van der Waals surface area contributed by atoms with Crippen LogP contribution in [-0.4, -0.2) is 29.8 Å². The maximum absolute atomic E-state index is 11.7. The second kappa shape index (κ2) is 7.67. The Morgan fingerprint density at radius 3 is 2.35 bits per heavy atom. The van der Waals surface area contributed by atoms with E-state index in [1.165, 1.54) is 0 Å². The van der Waals surface area contributed by atoms with Gasteiger partial charge in [-0.2, -0.15) is 0 Å². The van der Waals surface area contributed by atoms with Crippen molar-refractivity contribution in [3.8, 4) is 0 Å². The summed E-state index contributed by atoms with van der Waals surface area (Å²) >= 11 is 0. The van der Waals surface area contributed by atoms with Crippen LogP contribution in [0.25, 0.3) is 0 Å². The average molecular weight is 282 g/mol. The first-order valence-electron chi connectivity index (χ1n) is 7.66. The lowest BCUT2D eigenvalue weighted by molar-refractivity contribution is 0.0489. The molecule has 0 aromatic rings. The molecule has 1 saturated carbocycles. The Kier molecular flexibility index (Phi) is 6.53. The fourth-order valence-corrected chi connectivity index (χ4v) is 2.60. The van der Waals surface area contributed by atoms with Gasteiger partial charge in [-0.25, -0.2) is 4.79 Å². The molecule has 0 saturated heterocycles. The van der Waals surface area contributed by atoms with E-state index in [4.69, 9.17) is 4.74 Å². The Morgan fingerprint density at radius 1 is 1.30 bits per heavy atom. The van der Waals surface area contributed by atoms with Gasteiger partial charge >= 0.3 is 6.09 Å². The molecule has 1 aliphatic carbocycles. The molecule has 1 atom stereocenters. The minimum atomic E-state index is -0.428. The fourth-order valence-electron chi connectivity index (χ4n) is 2.60. The summed E-state index contributed by atoms with van der Waals surface area (Å²) in [6, 6.07) is 1.28. The summed E-state index contributed by atoms with van der Waals surface area (Å²) in [6.07, 6.45) is 6.87. The maximum Gasteiger partial charge on any atom is 0.407 e. The molecule has 1 fully saturated rings. The van der Waals surface area contributed by atoms with E-state index >= 15 is 0 Å². The van der Waals surface area contributed by atoms with E-state index in [9.17, 15) is 4.79 Å². The number of alkyl carbamates (subject to hydrolysis) is 1. The fraction of sp³-hybridized carbons (Fsp3) is 0.812. The monoisotopic (exact) mass is 282 g/mol. The summed E-state index contributed by atoms with van der Waals surface area (Å²) in [5.41, 5.74) is -0.428. The third-order valence-corrected chi connectivity index (χ3v) is 3.49. The van der Waals surface area contributed by atoms with Gasteiger partial charge in [-0.1, -0.05) is 6.08 Å². The van der Waals surface area contributed by atoms with Crippen molar-refractivity contribution in [1.29, 1.82) is 0 Å². The van der Waals surface area contributed by atoms with Crippen LogP contribution in [0.1, 0.15) is 59.8 Å². The van der Waals surface area contributed by atoms with Crippen molar-refractivity contribution in [2.45, 2.75) is 83.5 Å². The number of ether oxygens (including phenoxy) is 1. The van der Waals surface area contributed by atoms with Crippen molar-refractivity contribution in [3.63, 3.8) is 0 Å². The van der Waals surface area contributed by atoms with Crippen LogP contribution in [-0.2, 0) is 4.74 Å². The Balaban J connectivity index is 2.25. The molecule has 0 spiro atoms. The third kappa shape index (κ3) is 6.94. The van der Waals surface area contributed by atoms with Gasteiger partial charge in [0.1, 0.15) is 5.60 Å². The highest BCUT2D eigenvalue weighted by Gasteiger charge is 2.25. The minimum Gasteiger partial charge on any atom is -0.444 e. The summed E-state index contributed by atoms with van der Waals surface area (Å²) in [7, 11) is 0. The van der Waals surface area contributed by atoms with Crippen molar-refractivity contribution < 1.29 is 9.53 Å². The summed E-state index contributed by atoms with van der Waals surface area (Å²) in [4.78, 5) is 11.7. The second-order valence-corrected chi connectivity index (χ2v) is 6.79. The summed E-state index contributed by atoms with van der Waals surface area (Å²) < 4.78 is 5.29. The first-order chi connectivity index (χ1) is 9.30. The Hall–Kier alpha value is -1.03. The molecular weight excluding hydrogens is 252 g/mol. The molecule has 1 amide bonds. The van der Waals surface area contributed by atoms with E-state index in [0.29, 0.717) is 12.1 Å². The zero-order valence-corrected chi connectivity index (χ0v) is 13.4. The smallest absolute Gasteiger partial charge is 0.407 e. The number of hydrogen-bond donors (Lipinski definition) is 2. The van der Waals surface area contributed by atoms with Gasteiger partial charge in [0.15, 0.2) is 0 Å². The molecule has 0 aromatic carbocycles. The molecule has 116 valence electrons. The third-order valence-electron chi connectivity index (χ3n) is 3.49. The molecule has 0 aliphatic heterocycles. The maximum atomic E-state index is 11.7. The number of amides is 1.